The molecule has 0 spiro atoms. The Balaban J connectivity index is 1.95. The Morgan fingerprint density at radius 3 is 2.55 bits per heavy atom. The molecular weight excluding hydrogens is 255 g/mol. The van der Waals surface area contributed by atoms with Crippen molar-refractivity contribution in [2.45, 2.75) is 0 Å². The van der Waals surface area contributed by atoms with Gasteiger partial charge >= 0.3 is 0 Å². The van der Waals surface area contributed by atoms with E-state index in [1.54, 1.807) is 18.3 Å². The zero-order valence-electron chi connectivity index (χ0n) is 10.9. The highest BCUT2D eigenvalue weighted by Gasteiger charge is 2.13. The number of nitrogens with zero attached hydrogens (tertiary/aromatic N) is 1. The minimum absolute atomic E-state index is 0.201. The zero-order chi connectivity index (χ0) is 14.1. The molecule has 0 atom stereocenters. The summed E-state index contributed by atoms with van der Waals surface area (Å²) in [5.41, 5.74) is 2.17. The molecule has 0 aliphatic rings. The van der Waals surface area contributed by atoms with Crippen LogP contribution >= 0.6 is 0 Å². The monoisotopic (exact) mass is 268 g/mol. The van der Waals surface area contributed by atoms with Gasteiger partial charge in [0.15, 0.2) is 0 Å². The highest BCUT2D eigenvalue weighted by Crippen LogP contribution is 2.21. The number of aryl methyl sites for hydroxylation is 1. The van der Waals surface area contributed by atoms with E-state index in [1.165, 1.54) is 12.1 Å². The zero-order valence-corrected chi connectivity index (χ0v) is 10.9. The summed E-state index contributed by atoms with van der Waals surface area (Å²) in [5.74, 6) is -0.526. The number of aromatic nitrogens is 1. The van der Waals surface area contributed by atoms with Crippen molar-refractivity contribution in [2.24, 2.45) is 7.05 Å². The lowest BCUT2D eigenvalue weighted by Gasteiger charge is -2.04. The number of hydrogen-bond donors (Lipinski definition) is 1. The summed E-state index contributed by atoms with van der Waals surface area (Å²) in [7, 11) is 1.90. The van der Waals surface area contributed by atoms with E-state index in [9.17, 15) is 9.18 Å². The molecule has 3 nitrogen and oxygen atoms in total. The fourth-order valence-electron chi connectivity index (χ4n) is 2.25. The number of nitrogens with one attached hydrogen (secondary N) is 1. The Morgan fingerprint density at radius 1 is 1.10 bits per heavy atom. The molecule has 0 unspecified atom stereocenters. The second-order valence-electron chi connectivity index (χ2n) is 4.63. The molecule has 4 heteroatoms. The summed E-state index contributed by atoms with van der Waals surface area (Å²) in [4.78, 5) is 12.3. The third kappa shape index (κ3) is 2.16. The Hall–Kier alpha value is -2.62. The van der Waals surface area contributed by atoms with Crippen molar-refractivity contribution in [3.8, 4) is 0 Å². The van der Waals surface area contributed by atoms with Crippen LogP contribution in [-0.4, -0.2) is 10.5 Å². The topological polar surface area (TPSA) is 34.0 Å². The Labute approximate surface area is 115 Å². The third-order valence-corrected chi connectivity index (χ3v) is 3.24. The quantitative estimate of drug-likeness (QED) is 0.757. The number of amides is 1. The van der Waals surface area contributed by atoms with Crippen LogP contribution in [0, 0.1) is 5.82 Å². The van der Waals surface area contributed by atoms with Crippen molar-refractivity contribution in [1.82, 2.24) is 4.57 Å². The molecule has 3 rings (SSSR count). The predicted molar refractivity (Wildman–Crippen MR) is 77.3 cm³/mol. The standard InChI is InChI=1S/C16H13FN2O/c1-19-10-14(13-4-2-3-5-15(13)19)16(20)18-12-8-6-11(17)7-9-12/h2-10H,1H3,(H,18,20). The number of halogens is 1. The van der Waals surface area contributed by atoms with E-state index in [-0.39, 0.29) is 11.7 Å². The first-order valence-electron chi connectivity index (χ1n) is 6.26. The second kappa shape index (κ2) is 4.81. The van der Waals surface area contributed by atoms with Crippen molar-refractivity contribution >= 4 is 22.5 Å². The van der Waals surface area contributed by atoms with Crippen LogP contribution in [0.25, 0.3) is 10.9 Å². The minimum Gasteiger partial charge on any atom is -0.350 e. The number of fused-ring (bicyclic) bond motifs is 1. The SMILES string of the molecule is Cn1cc(C(=O)Nc2ccc(F)cc2)c2ccccc21. The summed E-state index contributed by atoms with van der Waals surface area (Å²) < 4.78 is 14.8. The number of benzene rings is 2. The van der Waals surface area contributed by atoms with Crippen LogP contribution in [0.5, 0.6) is 0 Å². The summed E-state index contributed by atoms with van der Waals surface area (Å²) in [5, 5.41) is 3.67. The Kier molecular flexibility index (Phi) is 2.99. The maximum atomic E-state index is 12.8. The number of carbonyl (C=O) groups is 1. The van der Waals surface area contributed by atoms with E-state index in [0.717, 1.165) is 10.9 Å². The molecule has 1 amide bonds. The molecule has 0 aliphatic carbocycles. The van der Waals surface area contributed by atoms with Gasteiger partial charge in [0.25, 0.3) is 5.91 Å². The maximum absolute atomic E-state index is 12.8. The number of carbonyl (C=O) groups excluding carboxylic acids is 1. The average Bonchev–Trinajstić information content (AvgIpc) is 2.79. The highest BCUT2D eigenvalue weighted by molar-refractivity contribution is 6.12. The van der Waals surface area contributed by atoms with Crippen molar-refractivity contribution in [3.05, 3.63) is 66.1 Å². The predicted octanol–water partition coefficient (Wildman–Crippen LogP) is 3.57. The van der Waals surface area contributed by atoms with Gasteiger partial charge in [-0.25, -0.2) is 4.39 Å². The van der Waals surface area contributed by atoms with Gasteiger partial charge in [-0.2, -0.15) is 0 Å². The van der Waals surface area contributed by atoms with Crippen LogP contribution in [0.2, 0.25) is 0 Å². The molecule has 1 heterocycles. The number of anilines is 1. The normalized spacial score (nSPS) is 10.7. The number of para-hydroxylation sites is 1. The summed E-state index contributed by atoms with van der Waals surface area (Å²) >= 11 is 0. The van der Waals surface area contributed by atoms with Gasteiger partial charge in [0.05, 0.1) is 5.56 Å². The van der Waals surface area contributed by atoms with Crippen LogP contribution in [0.15, 0.2) is 54.7 Å². The van der Waals surface area contributed by atoms with Gasteiger partial charge in [-0.05, 0) is 30.3 Å². The van der Waals surface area contributed by atoms with E-state index >= 15 is 0 Å². The van der Waals surface area contributed by atoms with Gasteiger partial charge in [-0.1, -0.05) is 18.2 Å². The first-order valence-corrected chi connectivity index (χ1v) is 6.26. The minimum atomic E-state index is -0.326. The summed E-state index contributed by atoms with van der Waals surface area (Å²) in [6.45, 7) is 0. The van der Waals surface area contributed by atoms with Crippen molar-refractivity contribution in [2.75, 3.05) is 5.32 Å². The Morgan fingerprint density at radius 2 is 1.80 bits per heavy atom. The lowest BCUT2D eigenvalue weighted by molar-refractivity contribution is 0.102. The first kappa shape index (κ1) is 12.4. The molecule has 0 radical (unpaired) electrons. The Bertz CT molecular complexity index is 775. The smallest absolute Gasteiger partial charge is 0.257 e. The molecule has 0 bridgehead atoms. The fourth-order valence-corrected chi connectivity index (χ4v) is 2.25. The molecule has 2 aromatic carbocycles. The van der Waals surface area contributed by atoms with Crippen molar-refractivity contribution < 1.29 is 9.18 Å². The lowest BCUT2D eigenvalue weighted by atomic mass is 10.1. The van der Waals surface area contributed by atoms with Crippen LogP contribution in [0.1, 0.15) is 10.4 Å². The fraction of sp³-hybridized carbons (Fsp3) is 0.0625. The highest BCUT2D eigenvalue weighted by atomic mass is 19.1. The number of rotatable bonds is 2. The lowest BCUT2D eigenvalue weighted by Crippen LogP contribution is -2.11. The largest absolute Gasteiger partial charge is 0.350 e. The van der Waals surface area contributed by atoms with E-state index in [1.807, 2.05) is 35.9 Å². The van der Waals surface area contributed by atoms with Gasteiger partial charge in [0.2, 0.25) is 0 Å². The van der Waals surface area contributed by atoms with Crippen molar-refractivity contribution in [1.29, 1.82) is 0 Å². The van der Waals surface area contributed by atoms with Crippen LogP contribution in [0.4, 0.5) is 10.1 Å². The molecule has 0 fully saturated rings. The van der Waals surface area contributed by atoms with Gasteiger partial charge in [0, 0.05) is 29.8 Å². The van der Waals surface area contributed by atoms with Gasteiger partial charge in [-0.3, -0.25) is 4.79 Å². The van der Waals surface area contributed by atoms with E-state index in [0.29, 0.717) is 11.3 Å². The molecule has 0 saturated carbocycles. The molecular formula is C16H13FN2O. The molecule has 1 N–H and O–H groups in total. The van der Waals surface area contributed by atoms with Gasteiger partial charge < -0.3 is 9.88 Å². The van der Waals surface area contributed by atoms with E-state index < -0.39 is 0 Å². The van der Waals surface area contributed by atoms with Gasteiger partial charge in [-0.15, -0.1) is 0 Å². The number of hydrogen-bond acceptors (Lipinski definition) is 1. The van der Waals surface area contributed by atoms with E-state index in [2.05, 4.69) is 5.32 Å². The molecule has 20 heavy (non-hydrogen) atoms. The van der Waals surface area contributed by atoms with Crippen LogP contribution < -0.4 is 5.32 Å². The summed E-state index contributed by atoms with van der Waals surface area (Å²) in [6, 6.07) is 13.4. The summed E-state index contributed by atoms with van der Waals surface area (Å²) in [6.07, 6.45) is 1.80. The van der Waals surface area contributed by atoms with Crippen LogP contribution in [0.3, 0.4) is 0 Å². The van der Waals surface area contributed by atoms with E-state index in [4.69, 9.17) is 0 Å². The van der Waals surface area contributed by atoms with Gasteiger partial charge in [0.1, 0.15) is 5.82 Å². The van der Waals surface area contributed by atoms with Crippen LogP contribution in [-0.2, 0) is 7.05 Å². The molecule has 0 aliphatic heterocycles. The molecule has 0 saturated heterocycles. The second-order valence-corrected chi connectivity index (χ2v) is 4.63. The average molecular weight is 268 g/mol. The third-order valence-electron chi connectivity index (χ3n) is 3.24. The molecule has 1 aromatic heterocycles. The molecule has 100 valence electrons. The van der Waals surface area contributed by atoms with Crippen molar-refractivity contribution in [3.63, 3.8) is 0 Å². The maximum Gasteiger partial charge on any atom is 0.257 e. The first-order chi connectivity index (χ1) is 9.65. The molecule has 3 aromatic rings.